The average molecular weight is 370 g/mol. The number of benzene rings is 1. The highest BCUT2D eigenvalue weighted by Gasteiger charge is 2.21. The Morgan fingerprint density at radius 2 is 2.07 bits per heavy atom. The molecule has 1 saturated heterocycles. The number of urea groups is 1. The number of imidazole rings is 1. The van der Waals surface area contributed by atoms with E-state index in [1.807, 2.05) is 28.8 Å². The standard InChI is InChI=1S/C19H23FN6O/c1-24-5-4-21-18(24)13-25-6-8-26(9-7-25)19(27)22-12-16-11-14-10-15(20)2-3-17(14)23-16/h2-5,10-11,23H,6-9,12-13H2,1H3,(H,22,27). The predicted octanol–water partition coefficient (Wildman–Crippen LogP) is 2.07. The van der Waals surface area contributed by atoms with Crippen molar-refractivity contribution in [3.8, 4) is 0 Å². The van der Waals surface area contributed by atoms with E-state index in [4.69, 9.17) is 0 Å². The Bertz CT molecular complexity index is 941. The minimum atomic E-state index is -0.263. The molecular formula is C19H23FN6O. The van der Waals surface area contributed by atoms with E-state index in [2.05, 4.69) is 20.2 Å². The fraction of sp³-hybridized carbons (Fsp3) is 0.368. The summed E-state index contributed by atoms with van der Waals surface area (Å²) >= 11 is 0. The van der Waals surface area contributed by atoms with Crippen LogP contribution in [0.1, 0.15) is 11.5 Å². The maximum absolute atomic E-state index is 13.3. The first-order chi connectivity index (χ1) is 13.1. The number of aryl methyl sites for hydroxylation is 1. The van der Waals surface area contributed by atoms with Gasteiger partial charge in [0.05, 0.1) is 13.1 Å². The van der Waals surface area contributed by atoms with Crippen LogP contribution in [0.25, 0.3) is 10.9 Å². The van der Waals surface area contributed by atoms with Crippen molar-refractivity contribution in [3.63, 3.8) is 0 Å². The summed E-state index contributed by atoms with van der Waals surface area (Å²) < 4.78 is 15.3. The Labute approximate surface area is 156 Å². The van der Waals surface area contributed by atoms with Crippen LogP contribution in [0.2, 0.25) is 0 Å². The summed E-state index contributed by atoms with van der Waals surface area (Å²) in [6.07, 6.45) is 3.74. The molecule has 7 nitrogen and oxygen atoms in total. The van der Waals surface area contributed by atoms with Crippen molar-refractivity contribution in [1.29, 1.82) is 0 Å². The molecule has 142 valence electrons. The fourth-order valence-electron chi connectivity index (χ4n) is 3.40. The van der Waals surface area contributed by atoms with Gasteiger partial charge in [-0.1, -0.05) is 0 Å². The smallest absolute Gasteiger partial charge is 0.317 e. The van der Waals surface area contributed by atoms with Gasteiger partial charge >= 0.3 is 6.03 Å². The number of aromatic nitrogens is 3. The van der Waals surface area contributed by atoms with Gasteiger partial charge in [0.1, 0.15) is 11.6 Å². The van der Waals surface area contributed by atoms with E-state index >= 15 is 0 Å². The van der Waals surface area contributed by atoms with E-state index in [0.29, 0.717) is 19.6 Å². The highest BCUT2D eigenvalue weighted by Crippen LogP contribution is 2.16. The van der Waals surface area contributed by atoms with Crippen molar-refractivity contribution in [2.24, 2.45) is 7.05 Å². The molecule has 2 aromatic heterocycles. The summed E-state index contributed by atoms with van der Waals surface area (Å²) in [6.45, 7) is 4.22. The van der Waals surface area contributed by atoms with Crippen molar-refractivity contribution in [2.45, 2.75) is 13.1 Å². The van der Waals surface area contributed by atoms with Gasteiger partial charge in [0.25, 0.3) is 0 Å². The van der Waals surface area contributed by atoms with Crippen LogP contribution in [0.5, 0.6) is 0 Å². The Morgan fingerprint density at radius 1 is 1.26 bits per heavy atom. The number of H-pyrrole nitrogens is 1. The molecule has 27 heavy (non-hydrogen) atoms. The molecule has 1 aliphatic rings. The zero-order valence-electron chi connectivity index (χ0n) is 15.3. The third-order valence-electron chi connectivity index (χ3n) is 5.01. The zero-order valence-corrected chi connectivity index (χ0v) is 15.3. The van der Waals surface area contributed by atoms with Crippen molar-refractivity contribution >= 4 is 16.9 Å². The molecule has 0 atom stereocenters. The van der Waals surface area contributed by atoms with E-state index in [0.717, 1.165) is 42.1 Å². The minimum absolute atomic E-state index is 0.0727. The number of amides is 2. The van der Waals surface area contributed by atoms with E-state index < -0.39 is 0 Å². The van der Waals surface area contributed by atoms with Crippen LogP contribution in [0, 0.1) is 5.82 Å². The maximum Gasteiger partial charge on any atom is 0.317 e. The summed E-state index contributed by atoms with van der Waals surface area (Å²) in [5, 5.41) is 3.75. The quantitative estimate of drug-likeness (QED) is 0.739. The van der Waals surface area contributed by atoms with Crippen molar-refractivity contribution < 1.29 is 9.18 Å². The Balaban J connectivity index is 1.27. The average Bonchev–Trinajstić information content (AvgIpc) is 3.25. The van der Waals surface area contributed by atoms with E-state index in [1.165, 1.54) is 12.1 Å². The summed E-state index contributed by atoms with van der Waals surface area (Å²) in [5.74, 6) is 0.767. The molecule has 0 bridgehead atoms. The molecular weight excluding hydrogens is 347 g/mol. The number of aromatic amines is 1. The van der Waals surface area contributed by atoms with Crippen LogP contribution in [0.15, 0.2) is 36.7 Å². The van der Waals surface area contributed by atoms with Crippen LogP contribution >= 0.6 is 0 Å². The van der Waals surface area contributed by atoms with E-state index in [-0.39, 0.29) is 11.8 Å². The van der Waals surface area contributed by atoms with Crippen molar-refractivity contribution in [2.75, 3.05) is 26.2 Å². The minimum Gasteiger partial charge on any atom is -0.357 e. The molecule has 1 aliphatic heterocycles. The summed E-state index contributed by atoms with van der Waals surface area (Å²) in [5.41, 5.74) is 1.72. The maximum atomic E-state index is 13.3. The third-order valence-corrected chi connectivity index (χ3v) is 5.01. The molecule has 0 saturated carbocycles. The molecule has 0 spiro atoms. The first-order valence-electron chi connectivity index (χ1n) is 9.07. The lowest BCUT2D eigenvalue weighted by atomic mass is 10.2. The second kappa shape index (κ2) is 7.40. The van der Waals surface area contributed by atoms with Gasteiger partial charge in [-0.3, -0.25) is 4.90 Å². The van der Waals surface area contributed by atoms with Crippen LogP contribution in [-0.2, 0) is 20.1 Å². The highest BCUT2D eigenvalue weighted by atomic mass is 19.1. The Morgan fingerprint density at radius 3 is 2.81 bits per heavy atom. The predicted molar refractivity (Wildman–Crippen MR) is 101 cm³/mol. The number of nitrogens with zero attached hydrogens (tertiary/aromatic N) is 4. The number of fused-ring (bicyclic) bond motifs is 1. The lowest BCUT2D eigenvalue weighted by Crippen LogP contribution is -2.51. The largest absolute Gasteiger partial charge is 0.357 e. The van der Waals surface area contributed by atoms with Gasteiger partial charge in [0.15, 0.2) is 0 Å². The molecule has 8 heteroatoms. The number of carbonyl (C=O) groups excluding carboxylic acids is 1. The number of hydrogen-bond donors (Lipinski definition) is 2. The highest BCUT2D eigenvalue weighted by molar-refractivity contribution is 5.80. The van der Waals surface area contributed by atoms with Crippen LogP contribution < -0.4 is 5.32 Å². The second-order valence-electron chi connectivity index (χ2n) is 6.90. The molecule has 2 amide bonds. The molecule has 0 unspecified atom stereocenters. The Hall–Kier alpha value is -2.87. The van der Waals surface area contributed by atoms with Gasteiger partial charge in [0, 0.05) is 62.2 Å². The number of hydrogen-bond acceptors (Lipinski definition) is 3. The molecule has 4 rings (SSSR count). The number of nitrogens with one attached hydrogen (secondary N) is 2. The van der Waals surface area contributed by atoms with Crippen LogP contribution in [0.4, 0.5) is 9.18 Å². The first-order valence-corrected chi connectivity index (χ1v) is 9.07. The zero-order chi connectivity index (χ0) is 18.8. The summed E-state index contributed by atoms with van der Waals surface area (Å²) in [4.78, 5) is 24.1. The fourth-order valence-corrected chi connectivity index (χ4v) is 3.40. The van der Waals surface area contributed by atoms with Crippen LogP contribution in [0.3, 0.4) is 0 Å². The molecule has 0 radical (unpaired) electrons. The van der Waals surface area contributed by atoms with Crippen LogP contribution in [-0.4, -0.2) is 56.5 Å². The van der Waals surface area contributed by atoms with Gasteiger partial charge in [-0.15, -0.1) is 0 Å². The van der Waals surface area contributed by atoms with Crippen molar-refractivity contribution in [1.82, 2.24) is 29.7 Å². The van der Waals surface area contributed by atoms with Gasteiger partial charge < -0.3 is 19.8 Å². The van der Waals surface area contributed by atoms with E-state index in [1.54, 1.807) is 12.3 Å². The number of carbonyl (C=O) groups is 1. The van der Waals surface area contributed by atoms with E-state index in [9.17, 15) is 9.18 Å². The number of halogens is 1. The van der Waals surface area contributed by atoms with Gasteiger partial charge in [-0.25, -0.2) is 14.2 Å². The first kappa shape index (κ1) is 17.5. The molecule has 3 heterocycles. The Kier molecular flexibility index (Phi) is 4.81. The van der Waals surface area contributed by atoms with Gasteiger partial charge in [0.2, 0.25) is 0 Å². The van der Waals surface area contributed by atoms with Crippen molar-refractivity contribution in [3.05, 3.63) is 54.0 Å². The lowest BCUT2D eigenvalue weighted by Gasteiger charge is -2.34. The number of rotatable bonds is 4. The topological polar surface area (TPSA) is 69.2 Å². The molecule has 3 aromatic rings. The lowest BCUT2D eigenvalue weighted by molar-refractivity contribution is 0.132. The monoisotopic (exact) mass is 370 g/mol. The van der Waals surface area contributed by atoms with Gasteiger partial charge in [-0.05, 0) is 24.3 Å². The van der Waals surface area contributed by atoms with Gasteiger partial charge in [-0.2, -0.15) is 0 Å². The number of piperazine rings is 1. The summed E-state index contributed by atoms with van der Waals surface area (Å²) in [6, 6.07) is 6.40. The molecule has 2 N–H and O–H groups in total. The SMILES string of the molecule is Cn1ccnc1CN1CCN(C(=O)NCc2cc3cc(F)ccc3[nH]2)CC1. The molecule has 1 fully saturated rings. The second-order valence-corrected chi connectivity index (χ2v) is 6.90. The summed E-state index contributed by atoms with van der Waals surface area (Å²) in [7, 11) is 1.99. The molecule has 1 aromatic carbocycles. The third kappa shape index (κ3) is 3.95. The normalized spacial score (nSPS) is 15.4. The molecule has 0 aliphatic carbocycles.